The van der Waals surface area contributed by atoms with E-state index in [4.69, 9.17) is 11.6 Å². The van der Waals surface area contributed by atoms with Gasteiger partial charge < -0.3 is 4.57 Å². The lowest BCUT2D eigenvalue weighted by Crippen LogP contribution is -2.17. The fourth-order valence-electron chi connectivity index (χ4n) is 2.75. The molecule has 0 atom stereocenters. The normalized spacial score (nSPS) is 16.9. The predicted octanol–water partition coefficient (Wildman–Crippen LogP) is 4.79. The molecule has 0 saturated carbocycles. The Balaban J connectivity index is 2.14. The van der Waals surface area contributed by atoms with Crippen molar-refractivity contribution in [2.75, 3.05) is 17.4 Å². The minimum absolute atomic E-state index is 0.235. The minimum Gasteiger partial charge on any atom is -0.325 e. The van der Waals surface area contributed by atoms with Crippen molar-refractivity contribution in [2.45, 2.75) is 25.3 Å². The topological polar surface area (TPSA) is 17.8 Å². The van der Waals surface area contributed by atoms with Gasteiger partial charge in [-0.05, 0) is 46.3 Å². The van der Waals surface area contributed by atoms with Crippen LogP contribution in [0.15, 0.2) is 16.6 Å². The van der Waals surface area contributed by atoms with E-state index in [9.17, 15) is 4.39 Å². The lowest BCUT2D eigenvalue weighted by Gasteiger charge is -2.25. The molecular formula is C14H15BrClFN2S. The van der Waals surface area contributed by atoms with E-state index < -0.39 is 0 Å². The van der Waals surface area contributed by atoms with Crippen molar-refractivity contribution >= 4 is 50.3 Å². The molecule has 6 heteroatoms. The molecule has 1 aliphatic heterocycles. The van der Waals surface area contributed by atoms with Crippen molar-refractivity contribution in [3.63, 3.8) is 0 Å². The molecular weight excluding hydrogens is 363 g/mol. The van der Waals surface area contributed by atoms with Crippen LogP contribution in [0.4, 0.5) is 4.39 Å². The summed E-state index contributed by atoms with van der Waals surface area (Å²) in [7, 11) is 0. The van der Waals surface area contributed by atoms with Crippen LogP contribution in [0.3, 0.4) is 0 Å². The van der Waals surface area contributed by atoms with Crippen LogP contribution in [-0.2, 0) is 6.42 Å². The molecule has 2 aromatic rings. The SMILES string of the molecule is Fc1cc2c(cc1Br)nc(CCCl)n2C1CCSCC1. The number of nitrogens with zero attached hydrogens (tertiary/aromatic N) is 2. The molecule has 3 rings (SSSR count). The first-order chi connectivity index (χ1) is 9.70. The summed E-state index contributed by atoms with van der Waals surface area (Å²) in [6, 6.07) is 3.77. The molecule has 1 aromatic carbocycles. The average molecular weight is 378 g/mol. The van der Waals surface area contributed by atoms with Crippen molar-refractivity contribution < 1.29 is 4.39 Å². The summed E-state index contributed by atoms with van der Waals surface area (Å²) >= 11 is 11.1. The van der Waals surface area contributed by atoms with Gasteiger partial charge in [-0.2, -0.15) is 11.8 Å². The zero-order chi connectivity index (χ0) is 14.1. The van der Waals surface area contributed by atoms with Gasteiger partial charge in [0.25, 0.3) is 0 Å². The van der Waals surface area contributed by atoms with E-state index >= 15 is 0 Å². The van der Waals surface area contributed by atoms with Crippen molar-refractivity contribution in [3.8, 4) is 0 Å². The highest BCUT2D eigenvalue weighted by Crippen LogP contribution is 2.33. The third-order valence-electron chi connectivity index (χ3n) is 3.68. The van der Waals surface area contributed by atoms with Crippen LogP contribution in [-0.4, -0.2) is 26.9 Å². The van der Waals surface area contributed by atoms with E-state index in [-0.39, 0.29) is 5.82 Å². The van der Waals surface area contributed by atoms with E-state index in [2.05, 4.69) is 25.5 Å². The lowest BCUT2D eigenvalue weighted by molar-refractivity contribution is 0.465. The Morgan fingerprint density at radius 3 is 2.85 bits per heavy atom. The molecule has 1 aliphatic rings. The fourth-order valence-corrected chi connectivity index (χ4v) is 4.33. The largest absolute Gasteiger partial charge is 0.325 e. The van der Waals surface area contributed by atoms with E-state index in [1.54, 1.807) is 12.1 Å². The fraction of sp³-hybridized carbons (Fsp3) is 0.500. The zero-order valence-corrected chi connectivity index (χ0v) is 14.1. The maximum atomic E-state index is 13.9. The molecule has 0 unspecified atom stereocenters. The van der Waals surface area contributed by atoms with E-state index in [0.717, 1.165) is 47.6 Å². The third kappa shape index (κ3) is 2.72. The van der Waals surface area contributed by atoms with Gasteiger partial charge in [-0.1, -0.05) is 0 Å². The van der Waals surface area contributed by atoms with Gasteiger partial charge in [-0.25, -0.2) is 9.37 Å². The molecule has 0 aliphatic carbocycles. The standard InChI is InChI=1S/C14H15BrClFN2S/c15-10-7-12-13(8-11(10)17)19(14(18-12)1-4-16)9-2-5-20-6-3-9/h7-9H,1-6H2. The Kier molecular flexibility index (Phi) is 4.58. The number of alkyl halides is 1. The summed E-state index contributed by atoms with van der Waals surface area (Å²) in [5.41, 5.74) is 1.74. The number of fused-ring (bicyclic) bond motifs is 1. The molecule has 20 heavy (non-hydrogen) atoms. The second-order valence-electron chi connectivity index (χ2n) is 4.94. The van der Waals surface area contributed by atoms with Gasteiger partial charge in [0, 0.05) is 24.4 Å². The second-order valence-corrected chi connectivity index (χ2v) is 7.39. The molecule has 0 spiro atoms. The molecule has 2 nitrogen and oxygen atoms in total. The predicted molar refractivity (Wildman–Crippen MR) is 87.4 cm³/mol. The zero-order valence-electron chi connectivity index (χ0n) is 10.9. The van der Waals surface area contributed by atoms with Gasteiger partial charge in [0.2, 0.25) is 0 Å². The summed E-state index contributed by atoms with van der Waals surface area (Å²) in [6.45, 7) is 0. The summed E-state index contributed by atoms with van der Waals surface area (Å²) in [4.78, 5) is 4.65. The van der Waals surface area contributed by atoms with Gasteiger partial charge >= 0.3 is 0 Å². The summed E-state index contributed by atoms with van der Waals surface area (Å²) in [5.74, 6) is 3.59. The Morgan fingerprint density at radius 2 is 2.15 bits per heavy atom. The number of benzene rings is 1. The Morgan fingerprint density at radius 1 is 1.40 bits per heavy atom. The first kappa shape index (κ1) is 14.7. The number of halogens is 3. The maximum Gasteiger partial charge on any atom is 0.139 e. The monoisotopic (exact) mass is 376 g/mol. The van der Waals surface area contributed by atoms with E-state index in [0.29, 0.717) is 16.4 Å². The van der Waals surface area contributed by atoms with Crippen molar-refractivity contribution in [1.29, 1.82) is 0 Å². The highest BCUT2D eigenvalue weighted by Gasteiger charge is 2.22. The maximum absolute atomic E-state index is 13.9. The highest BCUT2D eigenvalue weighted by atomic mass is 79.9. The van der Waals surface area contributed by atoms with Crippen molar-refractivity contribution in [2.24, 2.45) is 0 Å². The number of thioether (sulfide) groups is 1. The molecule has 0 amide bonds. The van der Waals surface area contributed by atoms with Gasteiger partial charge in [-0.3, -0.25) is 0 Å². The Hall–Kier alpha value is -0.260. The van der Waals surface area contributed by atoms with Gasteiger partial charge in [0.1, 0.15) is 11.6 Å². The van der Waals surface area contributed by atoms with Gasteiger partial charge in [0.05, 0.1) is 15.5 Å². The van der Waals surface area contributed by atoms with Gasteiger partial charge in [0.15, 0.2) is 0 Å². The number of hydrogen-bond donors (Lipinski definition) is 0. The third-order valence-corrected chi connectivity index (χ3v) is 5.52. The number of aromatic nitrogens is 2. The van der Waals surface area contributed by atoms with Crippen LogP contribution in [0.25, 0.3) is 11.0 Å². The number of imidazole rings is 1. The van der Waals surface area contributed by atoms with Crippen LogP contribution in [0.2, 0.25) is 0 Å². The molecule has 0 N–H and O–H groups in total. The Bertz CT molecular complexity index is 625. The number of rotatable bonds is 3. The Labute approximate surface area is 135 Å². The smallest absolute Gasteiger partial charge is 0.139 e. The average Bonchev–Trinajstić information content (AvgIpc) is 2.78. The molecule has 0 bridgehead atoms. The highest BCUT2D eigenvalue weighted by molar-refractivity contribution is 9.10. The number of aryl methyl sites for hydroxylation is 1. The van der Waals surface area contributed by atoms with Crippen molar-refractivity contribution in [1.82, 2.24) is 9.55 Å². The quantitative estimate of drug-likeness (QED) is 0.716. The van der Waals surface area contributed by atoms with Gasteiger partial charge in [-0.15, -0.1) is 11.6 Å². The molecule has 1 saturated heterocycles. The first-order valence-electron chi connectivity index (χ1n) is 6.70. The molecule has 0 radical (unpaired) electrons. The van der Waals surface area contributed by atoms with Crippen LogP contribution in [0, 0.1) is 5.82 Å². The van der Waals surface area contributed by atoms with Crippen molar-refractivity contribution in [3.05, 3.63) is 28.2 Å². The number of hydrogen-bond acceptors (Lipinski definition) is 2. The lowest BCUT2D eigenvalue weighted by atomic mass is 10.1. The van der Waals surface area contributed by atoms with Crippen LogP contribution in [0.1, 0.15) is 24.7 Å². The molecule has 108 valence electrons. The summed E-state index contributed by atoms with van der Waals surface area (Å²) < 4.78 is 16.6. The molecule has 1 fully saturated rings. The summed E-state index contributed by atoms with van der Waals surface area (Å²) in [5, 5.41) is 0. The minimum atomic E-state index is -0.235. The van der Waals surface area contributed by atoms with E-state index in [1.165, 1.54) is 0 Å². The van der Waals surface area contributed by atoms with Crippen LogP contribution in [0.5, 0.6) is 0 Å². The van der Waals surface area contributed by atoms with E-state index in [1.807, 2.05) is 11.8 Å². The van der Waals surface area contributed by atoms with Crippen LogP contribution >= 0.6 is 39.3 Å². The summed E-state index contributed by atoms with van der Waals surface area (Å²) in [6.07, 6.45) is 2.95. The van der Waals surface area contributed by atoms with Crippen LogP contribution < -0.4 is 0 Å². The molecule has 1 aromatic heterocycles. The molecule has 2 heterocycles. The second kappa shape index (κ2) is 6.24. The first-order valence-corrected chi connectivity index (χ1v) is 9.18.